The van der Waals surface area contributed by atoms with Crippen molar-refractivity contribution in [1.82, 2.24) is 5.32 Å². The number of carbonyl (C=O) groups excluding carboxylic acids is 1. The summed E-state index contributed by atoms with van der Waals surface area (Å²) in [4.78, 5) is 11.8. The Morgan fingerprint density at radius 3 is 2.94 bits per heavy atom. The zero-order chi connectivity index (χ0) is 12.3. The lowest BCUT2D eigenvalue weighted by molar-refractivity contribution is -0.151. The molecule has 1 heterocycles. The van der Waals surface area contributed by atoms with Gasteiger partial charge in [0, 0.05) is 4.47 Å². The van der Waals surface area contributed by atoms with Crippen LogP contribution in [-0.4, -0.2) is 19.1 Å². The first-order chi connectivity index (χ1) is 8.16. The first-order valence-corrected chi connectivity index (χ1v) is 6.58. The highest BCUT2D eigenvalue weighted by Gasteiger charge is 2.29. The SMILES string of the molecule is CC(C(=O)OCc1cccc(Br)c1)C1CNC1. The Kier molecular flexibility index (Phi) is 4.18. The Morgan fingerprint density at radius 2 is 2.35 bits per heavy atom. The van der Waals surface area contributed by atoms with Gasteiger partial charge in [-0.25, -0.2) is 0 Å². The maximum Gasteiger partial charge on any atom is 0.309 e. The third kappa shape index (κ3) is 3.30. The molecule has 17 heavy (non-hydrogen) atoms. The fourth-order valence-electron chi connectivity index (χ4n) is 1.77. The normalized spacial score (nSPS) is 17.3. The molecular weight excluding hydrogens is 282 g/mol. The molecule has 0 aliphatic carbocycles. The second-order valence-corrected chi connectivity index (χ2v) is 5.36. The van der Waals surface area contributed by atoms with E-state index in [9.17, 15) is 4.79 Å². The van der Waals surface area contributed by atoms with Gasteiger partial charge >= 0.3 is 5.97 Å². The van der Waals surface area contributed by atoms with Crippen molar-refractivity contribution in [3.8, 4) is 0 Å². The van der Waals surface area contributed by atoms with E-state index in [-0.39, 0.29) is 11.9 Å². The van der Waals surface area contributed by atoms with Crippen LogP contribution in [0.25, 0.3) is 0 Å². The van der Waals surface area contributed by atoms with Crippen molar-refractivity contribution in [2.24, 2.45) is 11.8 Å². The van der Waals surface area contributed by atoms with E-state index in [2.05, 4.69) is 21.2 Å². The Labute approximate surface area is 110 Å². The number of nitrogens with one attached hydrogen (secondary N) is 1. The van der Waals surface area contributed by atoms with Crippen LogP contribution in [0.15, 0.2) is 28.7 Å². The molecule has 1 aliphatic heterocycles. The van der Waals surface area contributed by atoms with Crippen molar-refractivity contribution in [3.05, 3.63) is 34.3 Å². The van der Waals surface area contributed by atoms with Gasteiger partial charge in [-0.05, 0) is 36.7 Å². The molecule has 0 aromatic heterocycles. The predicted molar refractivity (Wildman–Crippen MR) is 69.5 cm³/mol. The fourth-order valence-corrected chi connectivity index (χ4v) is 2.22. The van der Waals surface area contributed by atoms with Crippen molar-refractivity contribution in [2.75, 3.05) is 13.1 Å². The molecule has 4 heteroatoms. The first-order valence-electron chi connectivity index (χ1n) is 5.78. The van der Waals surface area contributed by atoms with Crippen molar-refractivity contribution >= 4 is 21.9 Å². The number of halogens is 1. The second kappa shape index (κ2) is 5.65. The van der Waals surface area contributed by atoms with Crippen LogP contribution >= 0.6 is 15.9 Å². The van der Waals surface area contributed by atoms with E-state index < -0.39 is 0 Å². The summed E-state index contributed by atoms with van der Waals surface area (Å²) in [5.41, 5.74) is 1.01. The van der Waals surface area contributed by atoms with Crippen molar-refractivity contribution in [3.63, 3.8) is 0 Å². The lowest BCUT2D eigenvalue weighted by Crippen LogP contribution is -2.47. The second-order valence-electron chi connectivity index (χ2n) is 4.44. The molecule has 1 saturated heterocycles. The van der Waals surface area contributed by atoms with Crippen molar-refractivity contribution in [2.45, 2.75) is 13.5 Å². The molecule has 1 N–H and O–H groups in total. The van der Waals surface area contributed by atoms with Crippen LogP contribution in [0.3, 0.4) is 0 Å². The molecule has 1 atom stereocenters. The van der Waals surface area contributed by atoms with Crippen molar-refractivity contribution < 1.29 is 9.53 Å². The highest BCUT2D eigenvalue weighted by molar-refractivity contribution is 9.10. The minimum absolute atomic E-state index is 0.0107. The summed E-state index contributed by atoms with van der Waals surface area (Å²) in [6.45, 7) is 4.14. The summed E-state index contributed by atoms with van der Waals surface area (Å²) in [6, 6.07) is 7.80. The molecule has 1 aliphatic rings. The van der Waals surface area contributed by atoms with E-state index in [1.54, 1.807) is 0 Å². The molecule has 1 unspecified atom stereocenters. The lowest BCUT2D eigenvalue weighted by Gasteiger charge is -2.31. The van der Waals surface area contributed by atoms with Gasteiger partial charge in [-0.15, -0.1) is 0 Å². The molecule has 1 aromatic rings. The minimum atomic E-state index is -0.100. The maximum absolute atomic E-state index is 11.8. The largest absolute Gasteiger partial charge is 0.461 e. The number of hydrogen-bond acceptors (Lipinski definition) is 3. The molecule has 1 aromatic carbocycles. The molecule has 2 rings (SSSR count). The van der Waals surface area contributed by atoms with Crippen LogP contribution in [-0.2, 0) is 16.1 Å². The minimum Gasteiger partial charge on any atom is -0.461 e. The standard InChI is InChI=1S/C13H16BrNO2/c1-9(11-6-15-7-11)13(16)17-8-10-3-2-4-12(14)5-10/h2-5,9,11,15H,6-8H2,1H3. The number of ether oxygens (including phenoxy) is 1. The monoisotopic (exact) mass is 297 g/mol. The highest BCUT2D eigenvalue weighted by Crippen LogP contribution is 2.18. The van der Waals surface area contributed by atoms with Gasteiger partial charge in [0.15, 0.2) is 0 Å². The Hall–Kier alpha value is -0.870. The predicted octanol–water partition coefficient (Wildman–Crippen LogP) is 2.35. The van der Waals surface area contributed by atoms with Crippen LogP contribution in [0.2, 0.25) is 0 Å². The molecule has 92 valence electrons. The van der Waals surface area contributed by atoms with Gasteiger partial charge in [0.25, 0.3) is 0 Å². The van der Waals surface area contributed by atoms with Crippen molar-refractivity contribution in [1.29, 1.82) is 0 Å². The topological polar surface area (TPSA) is 38.3 Å². The summed E-state index contributed by atoms with van der Waals surface area (Å²) in [5.74, 6) is 0.324. The first kappa shape index (κ1) is 12.6. The van der Waals surface area contributed by atoms with Gasteiger partial charge in [0.2, 0.25) is 0 Å². The van der Waals surface area contributed by atoms with Gasteiger partial charge < -0.3 is 10.1 Å². The zero-order valence-electron chi connectivity index (χ0n) is 9.78. The number of hydrogen-bond donors (Lipinski definition) is 1. The van der Waals surface area contributed by atoms with E-state index in [1.165, 1.54) is 0 Å². The van der Waals surface area contributed by atoms with Gasteiger partial charge in [0.05, 0.1) is 5.92 Å². The van der Waals surface area contributed by atoms with Crippen LogP contribution < -0.4 is 5.32 Å². The molecular formula is C13H16BrNO2. The summed E-state index contributed by atoms with van der Waals surface area (Å²) in [5, 5.41) is 3.16. The lowest BCUT2D eigenvalue weighted by atomic mass is 9.89. The summed E-state index contributed by atoms with van der Waals surface area (Å²) in [7, 11) is 0. The van der Waals surface area contributed by atoms with Crippen LogP contribution in [0.1, 0.15) is 12.5 Å². The third-order valence-corrected chi connectivity index (χ3v) is 3.66. The van der Waals surface area contributed by atoms with Crippen LogP contribution in [0, 0.1) is 11.8 Å². The number of esters is 1. The molecule has 0 radical (unpaired) electrons. The zero-order valence-corrected chi connectivity index (χ0v) is 11.4. The smallest absolute Gasteiger partial charge is 0.309 e. The van der Waals surface area contributed by atoms with Gasteiger partial charge in [-0.3, -0.25) is 4.79 Å². The maximum atomic E-state index is 11.8. The summed E-state index contributed by atoms with van der Waals surface area (Å²) >= 11 is 3.39. The Bertz CT molecular complexity index is 404. The molecule has 0 amide bonds. The molecule has 0 bridgehead atoms. The summed E-state index contributed by atoms with van der Waals surface area (Å²) in [6.07, 6.45) is 0. The Balaban J connectivity index is 1.83. The molecule has 0 spiro atoms. The Morgan fingerprint density at radius 1 is 1.59 bits per heavy atom. The molecule has 0 saturated carbocycles. The van der Waals surface area contributed by atoms with Gasteiger partial charge in [-0.2, -0.15) is 0 Å². The molecule has 1 fully saturated rings. The van der Waals surface area contributed by atoms with Gasteiger partial charge in [0.1, 0.15) is 6.61 Å². The number of benzene rings is 1. The van der Waals surface area contributed by atoms with E-state index in [0.29, 0.717) is 12.5 Å². The summed E-state index contributed by atoms with van der Waals surface area (Å²) < 4.78 is 6.32. The van der Waals surface area contributed by atoms with Crippen LogP contribution in [0.5, 0.6) is 0 Å². The van der Waals surface area contributed by atoms with Gasteiger partial charge in [-0.1, -0.05) is 35.0 Å². The quantitative estimate of drug-likeness (QED) is 0.867. The van der Waals surface area contributed by atoms with E-state index in [0.717, 1.165) is 23.1 Å². The van der Waals surface area contributed by atoms with E-state index in [4.69, 9.17) is 4.74 Å². The highest BCUT2D eigenvalue weighted by atomic mass is 79.9. The fraction of sp³-hybridized carbons (Fsp3) is 0.462. The third-order valence-electron chi connectivity index (χ3n) is 3.16. The number of rotatable bonds is 4. The average Bonchev–Trinajstić information content (AvgIpc) is 2.23. The van der Waals surface area contributed by atoms with E-state index >= 15 is 0 Å². The van der Waals surface area contributed by atoms with Crippen LogP contribution in [0.4, 0.5) is 0 Å². The average molecular weight is 298 g/mol. The van der Waals surface area contributed by atoms with E-state index in [1.807, 2.05) is 31.2 Å². The molecule has 3 nitrogen and oxygen atoms in total. The number of carbonyl (C=O) groups is 1.